The van der Waals surface area contributed by atoms with E-state index in [4.69, 9.17) is 33.2 Å². The van der Waals surface area contributed by atoms with Gasteiger partial charge in [-0.15, -0.1) is 0 Å². The summed E-state index contributed by atoms with van der Waals surface area (Å²) in [5.41, 5.74) is 0.974. The van der Waals surface area contributed by atoms with Crippen LogP contribution in [-0.2, 0) is 23.7 Å². The standard InChI is InChI=1S/C27H44O7/c1-6-9-14-30-18-22-25(31-15-10-7-2)26(32-16-11-8-3)23-24(29-5)20-13-12-19(28-4)17-21(20)33-27(23)34-22/h12-13,17,22-27H,6-11,14-16,18H2,1-5H3/t22-,23-,24-,25+,26-,27+/m1/s1. The van der Waals surface area contributed by atoms with E-state index in [1.807, 2.05) is 18.2 Å². The molecule has 194 valence electrons. The Hall–Kier alpha value is -1.38. The van der Waals surface area contributed by atoms with Gasteiger partial charge in [0.15, 0.2) is 0 Å². The van der Waals surface area contributed by atoms with Crippen LogP contribution in [0.5, 0.6) is 11.5 Å². The third kappa shape index (κ3) is 6.64. The highest BCUT2D eigenvalue weighted by Gasteiger charge is 2.54. The zero-order chi connectivity index (χ0) is 24.3. The minimum atomic E-state index is -0.526. The number of benzene rings is 1. The molecular weight excluding hydrogens is 436 g/mol. The molecule has 0 N–H and O–H groups in total. The van der Waals surface area contributed by atoms with Crippen molar-refractivity contribution < 1.29 is 33.2 Å². The van der Waals surface area contributed by atoms with Crippen LogP contribution in [0.1, 0.15) is 71.0 Å². The van der Waals surface area contributed by atoms with Crippen molar-refractivity contribution in [3.63, 3.8) is 0 Å². The molecule has 0 aliphatic carbocycles. The maximum atomic E-state index is 6.54. The van der Waals surface area contributed by atoms with Gasteiger partial charge in [-0.1, -0.05) is 40.0 Å². The van der Waals surface area contributed by atoms with Gasteiger partial charge in [-0.25, -0.2) is 0 Å². The van der Waals surface area contributed by atoms with Gasteiger partial charge in [0.1, 0.15) is 23.7 Å². The fourth-order valence-electron chi connectivity index (χ4n) is 4.66. The second-order valence-electron chi connectivity index (χ2n) is 9.10. The Balaban J connectivity index is 1.91. The second-order valence-corrected chi connectivity index (χ2v) is 9.10. The summed E-state index contributed by atoms with van der Waals surface area (Å²) in [7, 11) is 3.38. The van der Waals surface area contributed by atoms with E-state index < -0.39 is 6.29 Å². The molecule has 1 saturated heterocycles. The monoisotopic (exact) mass is 480 g/mol. The van der Waals surface area contributed by atoms with E-state index in [9.17, 15) is 0 Å². The molecule has 0 saturated carbocycles. The van der Waals surface area contributed by atoms with Gasteiger partial charge < -0.3 is 33.2 Å². The van der Waals surface area contributed by atoms with Gasteiger partial charge >= 0.3 is 0 Å². The first kappa shape index (κ1) is 27.2. The number of ether oxygens (including phenoxy) is 7. The third-order valence-electron chi connectivity index (χ3n) is 6.61. The van der Waals surface area contributed by atoms with E-state index >= 15 is 0 Å². The lowest BCUT2D eigenvalue weighted by Crippen LogP contribution is -2.62. The molecule has 7 nitrogen and oxygen atoms in total. The summed E-state index contributed by atoms with van der Waals surface area (Å²) in [5.74, 6) is 1.29. The van der Waals surface area contributed by atoms with Gasteiger partial charge in [0.05, 0.1) is 31.8 Å². The first-order valence-electron chi connectivity index (χ1n) is 13.0. The Morgan fingerprint density at radius 1 is 0.853 bits per heavy atom. The van der Waals surface area contributed by atoms with Crippen molar-refractivity contribution in [3.8, 4) is 11.5 Å². The van der Waals surface area contributed by atoms with Gasteiger partial charge in [0, 0.05) is 38.6 Å². The lowest BCUT2D eigenvalue weighted by Gasteiger charge is -2.50. The summed E-state index contributed by atoms with van der Waals surface area (Å²) in [6.45, 7) is 8.96. The van der Waals surface area contributed by atoms with Gasteiger partial charge in [-0.05, 0) is 31.4 Å². The highest BCUT2D eigenvalue weighted by molar-refractivity contribution is 5.44. The van der Waals surface area contributed by atoms with Crippen molar-refractivity contribution in [2.45, 2.75) is 90.0 Å². The minimum Gasteiger partial charge on any atom is -0.497 e. The van der Waals surface area contributed by atoms with E-state index in [0.717, 1.165) is 55.6 Å². The zero-order valence-electron chi connectivity index (χ0n) is 21.6. The highest BCUT2D eigenvalue weighted by Crippen LogP contribution is 2.48. The van der Waals surface area contributed by atoms with Crippen molar-refractivity contribution in [3.05, 3.63) is 23.8 Å². The van der Waals surface area contributed by atoms with Crippen LogP contribution < -0.4 is 9.47 Å². The SMILES string of the molecule is CCCCOC[C@H]1O[C@@H]2Oc3cc(OC)ccc3[C@@H](OC)[C@@H]2[C@@H](OCCCC)[C@H]1OCCCC. The average molecular weight is 481 g/mol. The van der Waals surface area contributed by atoms with Crippen LogP contribution in [0, 0.1) is 5.92 Å². The van der Waals surface area contributed by atoms with E-state index in [2.05, 4.69) is 20.8 Å². The number of rotatable bonds is 15. The fraction of sp³-hybridized carbons (Fsp3) is 0.778. The van der Waals surface area contributed by atoms with E-state index in [1.54, 1.807) is 14.2 Å². The normalized spacial score (nSPS) is 28.1. The van der Waals surface area contributed by atoms with Gasteiger partial charge in [0.25, 0.3) is 0 Å². The molecule has 2 heterocycles. The Labute approximate surface area is 205 Å². The van der Waals surface area contributed by atoms with Crippen molar-refractivity contribution >= 4 is 0 Å². The molecule has 34 heavy (non-hydrogen) atoms. The first-order valence-corrected chi connectivity index (χ1v) is 13.0. The van der Waals surface area contributed by atoms with Crippen molar-refractivity contribution in [2.75, 3.05) is 40.6 Å². The first-order chi connectivity index (χ1) is 16.7. The van der Waals surface area contributed by atoms with Crippen LogP contribution in [0.4, 0.5) is 0 Å². The third-order valence-corrected chi connectivity index (χ3v) is 6.61. The zero-order valence-corrected chi connectivity index (χ0v) is 21.6. The quantitative estimate of drug-likeness (QED) is 0.316. The number of methoxy groups -OCH3 is 2. The second kappa shape index (κ2) is 14.2. The summed E-state index contributed by atoms with van der Waals surface area (Å²) >= 11 is 0. The minimum absolute atomic E-state index is 0.165. The highest BCUT2D eigenvalue weighted by atomic mass is 16.7. The number of unbranched alkanes of at least 4 members (excludes halogenated alkanes) is 3. The maximum Gasteiger partial charge on any atom is 0.208 e. The molecule has 1 fully saturated rings. The Bertz CT molecular complexity index is 712. The molecule has 1 aromatic carbocycles. The van der Waals surface area contributed by atoms with E-state index in [0.29, 0.717) is 26.4 Å². The predicted molar refractivity (Wildman–Crippen MR) is 131 cm³/mol. The van der Waals surface area contributed by atoms with Crippen molar-refractivity contribution in [1.29, 1.82) is 0 Å². The molecule has 7 heteroatoms. The number of fused-ring (bicyclic) bond motifs is 2. The molecule has 2 aliphatic rings. The molecule has 1 aromatic rings. The summed E-state index contributed by atoms with van der Waals surface area (Å²) < 4.78 is 43.4. The molecule has 2 aliphatic heterocycles. The summed E-state index contributed by atoms with van der Waals surface area (Å²) in [6, 6.07) is 5.84. The molecule has 0 bridgehead atoms. The molecular formula is C27H44O7. The van der Waals surface area contributed by atoms with E-state index in [-0.39, 0.29) is 30.3 Å². The van der Waals surface area contributed by atoms with Gasteiger partial charge in [-0.2, -0.15) is 0 Å². The maximum absolute atomic E-state index is 6.54. The van der Waals surface area contributed by atoms with Crippen LogP contribution in [0.25, 0.3) is 0 Å². The molecule has 0 radical (unpaired) electrons. The summed E-state index contributed by atoms with van der Waals surface area (Å²) in [4.78, 5) is 0. The molecule has 0 aromatic heterocycles. The Morgan fingerprint density at radius 3 is 2.18 bits per heavy atom. The molecule has 0 spiro atoms. The van der Waals surface area contributed by atoms with Crippen molar-refractivity contribution in [1.82, 2.24) is 0 Å². The van der Waals surface area contributed by atoms with Crippen LogP contribution in [-0.4, -0.2) is 65.2 Å². The molecule has 0 amide bonds. The summed E-state index contributed by atoms with van der Waals surface area (Å²) in [5, 5.41) is 0. The van der Waals surface area contributed by atoms with Crippen molar-refractivity contribution in [2.24, 2.45) is 5.92 Å². The molecule has 3 rings (SSSR count). The smallest absolute Gasteiger partial charge is 0.208 e. The van der Waals surface area contributed by atoms with E-state index in [1.165, 1.54) is 0 Å². The lowest BCUT2D eigenvalue weighted by molar-refractivity contribution is -0.303. The predicted octanol–water partition coefficient (Wildman–Crippen LogP) is 5.30. The Kier molecular flexibility index (Phi) is 11.4. The number of hydrogen-bond acceptors (Lipinski definition) is 7. The molecule has 6 atom stereocenters. The van der Waals surface area contributed by atoms with Gasteiger partial charge in [0.2, 0.25) is 6.29 Å². The van der Waals surface area contributed by atoms with Crippen LogP contribution >= 0.6 is 0 Å². The van der Waals surface area contributed by atoms with Crippen LogP contribution in [0.15, 0.2) is 18.2 Å². The Morgan fingerprint density at radius 2 is 1.53 bits per heavy atom. The summed E-state index contributed by atoms with van der Waals surface area (Å²) in [6.07, 6.45) is 4.67. The van der Waals surface area contributed by atoms with Gasteiger partial charge in [-0.3, -0.25) is 0 Å². The van der Waals surface area contributed by atoms with Crippen LogP contribution in [0.3, 0.4) is 0 Å². The molecule has 0 unspecified atom stereocenters. The topological polar surface area (TPSA) is 64.6 Å². The largest absolute Gasteiger partial charge is 0.497 e. The number of hydrogen-bond donors (Lipinski definition) is 0. The lowest BCUT2D eigenvalue weighted by atomic mass is 9.81. The fourth-order valence-corrected chi connectivity index (χ4v) is 4.66. The van der Waals surface area contributed by atoms with Crippen LogP contribution in [0.2, 0.25) is 0 Å². The average Bonchev–Trinajstić information content (AvgIpc) is 2.86.